The topological polar surface area (TPSA) is 90.8 Å². The van der Waals surface area contributed by atoms with Crippen molar-refractivity contribution >= 4 is 35.1 Å². The van der Waals surface area contributed by atoms with Crippen LogP contribution in [0, 0.1) is 0 Å². The lowest BCUT2D eigenvalue weighted by Gasteiger charge is -2.29. The number of benzene rings is 2. The number of urea groups is 1. The van der Waals surface area contributed by atoms with Crippen molar-refractivity contribution in [3.63, 3.8) is 0 Å². The number of rotatable bonds is 5. The van der Waals surface area contributed by atoms with Crippen molar-refractivity contribution in [1.29, 1.82) is 0 Å². The van der Waals surface area contributed by atoms with Crippen LogP contribution >= 0.6 is 11.6 Å². The van der Waals surface area contributed by atoms with Gasteiger partial charge in [-0.15, -0.1) is 0 Å². The van der Waals surface area contributed by atoms with Gasteiger partial charge in [0.25, 0.3) is 5.91 Å². The second-order valence-corrected chi connectivity index (χ2v) is 10.1. The molecule has 1 atom stereocenters. The molecule has 2 aromatic carbocycles. The van der Waals surface area contributed by atoms with Crippen LogP contribution in [0.3, 0.4) is 0 Å². The zero-order valence-electron chi connectivity index (χ0n) is 21.3. The molecule has 1 N–H and O–H groups in total. The van der Waals surface area contributed by atoms with Gasteiger partial charge in [0.05, 0.1) is 16.3 Å². The van der Waals surface area contributed by atoms with Crippen molar-refractivity contribution in [2.75, 3.05) is 31.1 Å². The molecule has 4 amide bonds. The maximum Gasteiger partial charge on any atom is 0.318 e. The van der Waals surface area contributed by atoms with Crippen molar-refractivity contribution in [1.82, 2.24) is 24.9 Å². The number of nitrogens with zero attached hydrogens (tertiary/aromatic N) is 5. The van der Waals surface area contributed by atoms with Crippen molar-refractivity contribution in [2.24, 2.45) is 0 Å². The van der Waals surface area contributed by atoms with E-state index in [1.807, 2.05) is 54.4 Å². The molecule has 3 aromatic rings. The predicted molar refractivity (Wildman–Crippen MR) is 146 cm³/mol. The summed E-state index contributed by atoms with van der Waals surface area (Å²) >= 11 is 6.58. The number of amides is 4. The van der Waals surface area contributed by atoms with Gasteiger partial charge in [-0.1, -0.05) is 29.8 Å². The van der Waals surface area contributed by atoms with Gasteiger partial charge < -0.3 is 20.0 Å². The van der Waals surface area contributed by atoms with E-state index < -0.39 is 0 Å². The fraction of sp³-hybridized carbons (Fsp3) is 0.357. The van der Waals surface area contributed by atoms with Gasteiger partial charge >= 0.3 is 6.03 Å². The predicted octanol–water partition coefficient (Wildman–Crippen LogP) is 4.10. The maximum atomic E-state index is 13.8. The van der Waals surface area contributed by atoms with Crippen molar-refractivity contribution in [3.05, 3.63) is 77.1 Å². The Balaban J connectivity index is 1.31. The summed E-state index contributed by atoms with van der Waals surface area (Å²) < 4.78 is 1.68. The number of hydrogen-bond donors (Lipinski definition) is 1. The molecule has 9 nitrogen and oxygen atoms in total. The third kappa shape index (κ3) is 5.38. The summed E-state index contributed by atoms with van der Waals surface area (Å²) in [5, 5.41) is 7.45. The highest BCUT2D eigenvalue weighted by Gasteiger charge is 2.32. The molecule has 0 bridgehead atoms. The number of carbonyl (C=O) groups is 3. The van der Waals surface area contributed by atoms with E-state index in [1.165, 1.54) is 0 Å². The van der Waals surface area contributed by atoms with E-state index in [9.17, 15) is 14.4 Å². The van der Waals surface area contributed by atoms with E-state index in [0.29, 0.717) is 23.7 Å². The summed E-state index contributed by atoms with van der Waals surface area (Å²) in [5.74, 6) is -0.163. The molecule has 10 heteroatoms. The van der Waals surface area contributed by atoms with Crippen LogP contribution < -0.4 is 10.2 Å². The number of para-hydroxylation sites is 1. The minimum atomic E-state index is -0.275. The lowest BCUT2D eigenvalue weighted by atomic mass is 10.1. The molecule has 0 saturated carbocycles. The van der Waals surface area contributed by atoms with E-state index >= 15 is 0 Å². The SMILES string of the molecule is C[C@@H]1CN(C(=O)c2ccc(-n3cccn3)cc2Cl)c2ccccc2CN1C(=O)NCCC(=O)N1CCCC1. The lowest BCUT2D eigenvalue weighted by molar-refractivity contribution is -0.129. The smallest absolute Gasteiger partial charge is 0.318 e. The molecule has 3 heterocycles. The molecule has 1 saturated heterocycles. The molecule has 1 aromatic heterocycles. The van der Waals surface area contributed by atoms with E-state index in [1.54, 1.807) is 32.8 Å². The normalized spacial score (nSPS) is 17.2. The highest BCUT2D eigenvalue weighted by Crippen LogP contribution is 2.30. The van der Waals surface area contributed by atoms with Gasteiger partial charge in [-0.2, -0.15) is 5.10 Å². The van der Waals surface area contributed by atoms with Gasteiger partial charge in [0.1, 0.15) is 0 Å². The number of aromatic nitrogens is 2. The molecule has 0 spiro atoms. The van der Waals surface area contributed by atoms with Crippen molar-refractivity contribution in [2.45, 2.75) is 38.8 Å². The minimum Gasteiger partial charge on any atom is -0.343 e. The minimum absolute atomic E-state index is 0.0734. The van der Waals surface area contributed by atoms with Gasteiger partial charge in [-0.3, -0.25) is 9.59 Å². The lowest BCUT2D eigenvalue weighted by Crippen LogP contribution is -2.48. The standard InChI is InChI=1S/C28H31ClN6O3/c1-20-18-34(27(37)23-10-9-22(17-24(23)29)35-16-6-12-31-35)25-8-3-2-7-21(25)19-33(20)28(38)30-13-11-26(36)32-14-4-5-15-32/h2-3,6-10,12,16-17,20H,4-5,11,13-15,18-19H2,1H3,(H,30,38)/t20-/m1/s1. The number of likely N-dealkylation sites (tertiary alicyclic amines) is 1. The zero-order valence-corrected chi connectivity index (χ0v) is 22.1. The zero-order chi connectivity index (χ0) is 26.6. The number of nitrogens with one attached hydrogen (secondary N) is 1. The third-order valence-electron chi connectivity index (χ3n) is 7.13. The summed E-state index contributed by atoms with van der Waals surface area (Å²) in [5.41, 5.74) is 2.74. The Labute approximate surface area is 227 Å². The number of carbonyl (C=O) groups excluding carboxylic acids is 3. The summed E-state index contributed by atoms with van der Waals surface area (Å²) in [6.07, 6.45) is 5.84. The van der Waals surface area contributed by atoms with Gasteiger partial charge in [0.15, 0.2) is 0 Å². The first kappa shape index (κ1) is 25.8. The number of halogens is 1. The molecule has 2 aliphatic rings. The Kier molecular flexibility index (Phi) is 7.64. The van der Waals surface area contributed by atoms with Gasteiger partial charge in [-0.25, -0.2) is 9.48 Å². The molecule has 0 radical (unpaired) electrons. The first-order valence-corrected chi connectivity index (χ1v) is 13.3. The number of anilines is 1. The average molecular weight is 535 g/mol. The maximum absolute atomic E-state index is 13.8. The van der Waals surface area contributed by atoms with Crippen LogP contribution in [0.1, 0.15) is 42.1 Å². The van der Waals surface area contributed by atoms with Gasteiger partial charge in [0.2, 0.25) is 5.91 Å². The highest BCUT2D eigenvalue weighted by molar-refractivity contribution is 6.34. The third-order valence-corrected chi connectivity index (χ3v) is 7.45. The van der Waals surface area contributed by atoms with Crippen LogP contribution in [-0.2, 0) is 11.3 Å². The first-order valence-electron chi connectivity index (χ1n) is 12.9. The Morgan fingerprint density at radius 3 is 2.61 bits per heavy atom. The van der Waals surface area contributed by atoms with Crippen LogP contribution in [0.2, 0.25) is 5.02 Å². The second kappa shape index (κ2) is 11.3. The summed E-state index contributed by atoms with van der Waals surface area (Å²) in [6.45, 7) is 4.44. The number of fused-ring (bicyclic) bond motifs is 1. The monoisotopic (exact) mass is 534 g/mol. The Morgan fingerprint density at radius 2 is 1.87 bits per heavy atom. The molecule has 198 valence electrons. The van der Waals surface area contributed by atoms with E-state index in [-0.39, 0.29) is 36.9 Å². The van der Waals surface area contributed by atoms with Gasteiger partial charge in [-0.05, 0) is 55.7 Å². The second-order valence-electron chi connectivity index (χ2n) is 9.71. The van der Waals surface area contributed by atoms with E-state index in [0.717, 1.165) is 42.9 Å². The van der Waals surface area contributed by atoms with Crippen LogP contribution in [0.15, 0.2) is 60.9 Å². The fourth-order valence-electron chi connectivity index (χ4n) is 5.06. The molecule has 1 fully saturated rings. The molecule has 2 aliphatic heterocycles. The van der Waals surface area contributed by atoms with E-state index in [2.05, 4.69) is 10.4 Å². The molecule has 38 heavy (non-hydrogen) atoms. The Hall–Kier alpha value is -3.85. The highest BCUT2D eigenvalue weighted by atomic mass is 35.5. The molecular formula is C28H31ClN6O3. The van der Waals surface area contributed by atoms with Crippen molar-refractivity contribution < 1.29 is 14.4 Å². The first-order chi connectivity index (χ1) is 18.4. The van der Waals surface area contributed by atoms with Gasteiger partial charge in [0, 0.05) is 63.3 Å². The van der Waals surface area contributed by atoms with Crippen LogP contribution in [0.4, 0.5) is 10.5 Å². The largest absolute Gasteiger partial charge is 0.343 e. The number of hydrogen-bond acceptors (Lipinski definition) is 4. The fourth-order valence-corrected chi connectivity index (χ4v) is 5.32. The molecule has 0 unspecified atom stereocenters. The average Bonchev–Trinajstić information content (AvgIpc) is 3.63. The molecular weight excluding hydrogens is 504 g/mol. The Morgan fingerprint density at radius 1 is 1.08 bits per heavy atom. The quantitative estimate of drug-likeness (QED) is 0.533. The van der Waals surface area contributed by atoms with Crippen LogP contribution in [0.25, 0.3) is 5.69 Å². The molecule has 5 rings (SSSR count). The summed E-state index contributed by atoms with van der Waals surface area (Å²) in [6, 6.07) is 14.1. The summed E-state index contributed by atoms with van der Waals surface area (Å²) in [7, 11) is 0. The van der Waals surface area contributed by atoms with Crippen molar-refractivity contribution in [3.8, 4) is 5.69 Å². The Bertz CT molecular complexity index is 1320. The van der Waals surface area contributed by atoms with Crippen LogP contribution in [-0.4, -0.2) is 69.6 Å². The molecule has 0 aliphatic carbocycles. The van der Waals surface area contributed by atoms with E-state index in [4.69, 9.17) is 11.6 Å². The van der Waals surface area contributed by atoms with Crippen LogP contribution in [0.5, 0.6) is 0 Å². The summed E-state index contributed by atoms with van der Waals surface area (Å²) in [4.78, 5) is 44.6.